The third-order valence-corrected chi connectivity index (χ3v) is 6.94. The standard InChI is InChI=1S/C27H36O12/c1-27(2)10-16(29)9-15(17(27)11-28)12-38-26-25(34)24(33)23(32)20(39-26)13-37-21(30)6-5-14-7-18(35-3)22(31)19(8-14)36-4/h5-9,17,20,23-26,28,31-34H,10-13H2,1-4H3/b6-5+/t17-,20-,23-,24+,25-,26-/m1/s1. The summed E-state index contributed by atoms with van der Waals surface area (Å²) in [5.74, 6) is -1.19. The van der Waals surface area contributed by atoms with Crippen LogP contribution in [0.3, 0.4) is 0 Å². The smallest absolute Gasteiger partial charge is 0.330 e. The molecule has 1 fully saturated rings. The summed E-state index contributed by atoms with van der Waals surface area (Å²) in [6, 6.07) is 2.96. The van der Waals surface area contributed by atoms with Gasteiger partial charge in [0.25, 0.3) is 0 Å². The monoisotopic (exact) mass is 552 g/mol. The average molecular weight is 553 g/mol. The van der Waals surface area contributed by atoms with Crippen molar-refractivity contribution in [3.05, 3.63) is 35.4 Å². The van der Waals surface area contributed by atoms with Crippen LogP contribution in [-0.4, -0.2) is 102 Å². The molecule has 12 heteroatoms. The van der Waals surface area contributed by atoms with E-state index in [1.807, 2.05) is 13.8 Å². The van der Waals surface area contributed by atoms with E-state index in [1.54, 1.807) is 0 Å². The Bertz CT molecular complexity index is 1070. The van der Waals surface area contributed by atoms with Crippen LogP contribution >= 0.6 is 0 Å². The summed E-state index contributed by atoms with van der Waals surface area (Å²) < 4.78 is 26.5. The summed E-state index contributed by atoms with van der Waals surface area (Å²) in [5, 5.41) is 50.9. The normalized spacial score (nSPS) is 28.7. The lowest BCUT2D eigenvalue weighted by atomic mass is 9.68. The van der Waals surface area contributed by atoms with E-state index in [0.717, 1.165) is 6.08 Å². The number of benzene rings is 1. The molecule has 0 aromatic heterocycles. The van der Waals surface area contributed by atoms with Gasteiger partial charge in [-0.15, -0.1) is 0 Å². The zero-order chi connectivity index (χ0) is 28.9. The van der Waals surface area contributed by atoms with Gasteiger partial charge in [0.05, 0.1) is 27.4 Å². The summed E-state index contributed by atoms with van der Waals surface area (Å²) in [6.45, 7) is 2.88. The number of hydrogen-bond donors (Lipinski definition) is 5. The molecule has 1 aromatic rings. The van der Waals surface area contributed by atoms with Crippen LogP contribution in [0.15, 0.2) is 29.9 Å². The summed E-state index contributed by atoms with van der Waals surface area (Å²) in [4.78, 5) is 24.4. The molecule has 0 saturated carbocycles. The first kappa shape index (κ1) is 30.5. The molecule has 3 rings (SSSR count). The topological polar surface area (TPSA) is 181 Å². The van der Waals surface area contributed by atoms with Gasteiger partial charge in [-0.1, -0.05) is 13.8 Å². The maximum atomic E-state index is 12.3. The number of phenols is 1. The van der Waals surface area contributed by atoms with Crippen LogP contribution in [-0.2, 0) is 23.8 Å². The third kappa shape index (κ3) is 7.15. The van der Waals surface area contributed by atoms with Gasteiger partial charge in [-0.2, -0.15) is 0 Å². The first-order valence-corrected chi connectivity index (χ1v) is 12.4. The molecule has 1 aliphatic carbocycles. The zero-order valence-corrected chi connectivity index (χ0v) is 22.3. The summed E-state index contributed by atoms with van der Waals surface area (Å²) >= 11 is 0. The number of ether oxygens (including phenoxy) is 5. The molecule has 0 radical (unpaired) electrons. The van der Waals surface area contributed by atoms with Crippen molar-refractivity contribution in [2.45, 2.75) is 51.0 Å². The fraction of sp³-hybridized carbons (Fsp3) is 0.556. The second-order valence-corrected chi connectivity index (χ2v) is 10.1. The average Bonchev–Trinajstić information content (AvgIpc) is 2.89. The molecule has 0 unspecified atom stereocenters. The molecule has 216 valence electrons. The van der Waals surface area contributed by atoms with Gasteiger partial charge >= 0.3 is 5.97 Å². The molecule has 2 aliphatic rings. The van der Waals surface area contributed by atoms with Gasteiger partial charge in [-0.25, -0.2) is 4.79 Å². The van der Waals surface area contributed by atoms with Crippen LogP contribution < -0.4 is 9.47 Å². The lowest BCUT2D eigenvalue weighted by Crippen LogP contribution is -2.59. The minimum absolute atomic E-state index is 0.120. The number of rotatable bonds is 10. The Morgan fingerprint density at radius 3 is 2.33 bits per heavy atom. The first-order chi connectivity index (χ1) is 18.4. The fourth-order valence-corrected chi connectivity index (χ4v) is 4.70. The Balaban J connectivity index is 1.62. The van der Waals surface area contributed by atoms with Crippen molar-refractivity contribution < 1.29 is 58.8 Å². The Hall–Kier alpha value is -3.00. The summed E-state index contributed by atoms with van der Waals surface area (Å²) in [6.07, 6.45) is -3.33. The number of esters is 1. The number of hydrogen-bond acceptors (Lipinski definition) is 12. The number of phenolic OH excluding ortho intramolecular Hbond substituents is 1. The highest BCUT2D eigenvalue weighted by atomic mass is 16.7. The number of methoxy groups -OCH3 is 2. The maximum Gasteiger partial charge on any atom is 0.330 e. The molecule has 6 atom stereocenters. The number of aliphatic hydroxyl groups is 4. The van der Waals surface area contributed by atoms with Gasteiger partial charge in [0, 0.05) is 18.4 Å². The first-order valence-electron chi connectivity index (χ1n) is 12.4. The number of ketones is 1. The molecule has 1 heterocycles. The van der Waals surface area contributed by atoms with Crippen molar-refractivity contribution >= 4 is 17.8 Å². The molecule has 1 saturated heterocycles. The van der Waals surface area contributed by atoms with Crippen molar-refractivity contribution in [2.75, 3.05) is 34.0 Å². The Labute approximate surface area is 226 Å². The highest BCUT2D eigenvalue weighted by Gasteiger charge is 2.45. The number of carbonyl (C=O) groups is 2. The highest BCUT2D eigenvalue weighted by Crippen LogP contribution is 2.40. The summed E-state index contributed by atoms with van der Waals surface area (Å²) in [7, 11) is 2.73. The summed E-state index contributed by atoms with van der Waals surface area (Å²) in [5.41, 5.74) is 0.492. The number of aromatic hydroxyl groups is 1. The van der Waals surface area contributed by atoms with Gasteiger partial charge in [0.15, 0.2) is 23.6 Å². The van der Waals surface area contributed by atoms with Crippen LogP contribution in [0.5, 0.6) is 17.2 Å². The van der Waals surface area contributed by atoms with E-state index in [9.17, 15) is 35.1 Å². The van der Waals surface area contributed by atoms with Gasteiger partial charge in [-0.05, 0) is 40.8 Å². The maximum absolute atomic E-state index is 12.3. The van der Waals surface area contributed by atoms with Gasteiger partial charge < -0.3 is 49.2 Å². The molecule has 0 bridgehead atoms. The van der Waals surface area contributed by atoms with E-state index in [1.165, 1.54) is 38.5 Å². The van der Waals surface area contributed by atoms with E-state index < -0.39 is 48.7 Å². The molecule has 1 aliphatic heterocycles. The van der Waals surface area contributed by atoms with E-state index >= 15 is 0 Å². The van der Waals surface area contributed by atoms with Crippen LogP contribution in [0, 0.1) is 11.3 Å². The van der Waals surface area contributed by atoms with Crippen molar-refractivity contribution in [2.24, 2.45) is 11.3 Å². The molecule has 39 heavy (non-hydrogen) atoms. The van der Waals surface area contributed by atoms with Crippen molar-refractivity contribution in [1.82, 2.24) is 0 Å². The van der Waals surface area contributed by atoms with E-state index in [0.29, 0.717) is 11.1 Å². The molecule has 0 amide bonds. The fourth-order valence-electron chi connectivity index (χ4n) is 4.70. The Morgan fingerprint density at radius 2 is 1.74 bits per heavy atom. The van der Waals surface area contributed by atoms with Crippen molar-refractivity contribution in [3.8, 4) is 17.2 Å². The molecule has 12 nitrogen and oxygen atoms in total. The molecular formula is C27H36O12. The zero-order valence-electron chi connectivity index (χ0n) is 22.3. The predicted molar refractivity (Wildman–Crippen MR) is 136 cm³/mol. The number of carbonyl (C=O) groups excluding carboxylic acids is 2. The minimum Gasteiger partial charge on any atom is -0.502 e. The molecule has 5 N–H and O–H groups in total. The van der Waals surface area contributed by atoms with Gasteiger partial charge in [0.2, 0.25) is 5.75 Å². The third-order valence-electron chi connectivity index (χ3n) is 6.94. The van der Waals surface area contributed by atoms with Crippen LogP contribution in [0.1, 0.15) is 25.8 Å². The highest BCUT2D eigenvalue weighted by molar-refractivity contribution is 5.92. The lowest BCUT2D eigenvalue weighted by molar-refractivity contribution is -0.299. The van der Waals surface area contributed by atoms with Gasteiger partial charge in [-0.3, -0.25) is 4.79 Å². The van der Waals surface area contributed by atoms with Gasteiger partial charge in [0.1, 0.15) is 31.0 Å². The van der Waals surface area contributed by atoms with Crippen LogP contribution in [0.2, 0.25) is 0 Å². The second kappa shape index (κ2) is 12.9. The molecule has 1 aromatic carbocycles. The number of allylic oxidation sites excluding steroid dienone is 1. The van der Waals surface area contributed by atoms with Crippen molar-refractivity contribution in [1.29, 1.82) is 0 Å². The van der Waals surface area contributed by atoms with Crippen LogP contribution in [0.25, 0.3) is 6.08 Å². The SMILES string of the molecule is COc1cc(/C=C/C(=O)OC[C@H]2O[C@@H](OCC3=CC(=O)CC(C)(C)[C@@H]3CO)[C@H](O)[C@@H](O)[C@@H]2O)cc(OC)c1O. The minimum atomic E-state index is -1.66. The predicted octanol–water partition coefficient (Wildman–Crippen LogP) is 0.324. The van der Waals surface area contributed by atoms with E-state index in [4.69, 9.17) is 23.7 Å². The largest absolute Gasteiger partial charge is 0.502 e. The second-order valence-electron chi connectivity index (χ2n) is 10.1. The number of aliphatic hydroxyl groups excluding tert-OH is 4. The Kier molecular flexibility index (Phi) is 10.1. The quantitative estimate of drug-likeness (QED) is 0.198. The lowest BCUT2D eigenvalue weighted by Gasteiger charge is -2.41. The van der Waals surface area contributed by atoms with Crippen LogP contribution in [0.4, 0.5) is 0 Å². The van der Waals surface area contributed by atoms with E-state index in [-0.39, 0.29) is 48.6 Å². The molecular weight excluding hydrogens is 516 g/mol. The van der Waals surface area contributed by atoms with E-state index in [2.05, 4.69) is 0 Å². The van der Waals surface area contributed by atoms with Crippen molar-refractivity contribution in [3.63, 3.8) is 0 Å². The molecule has 0 spiro atoms. The Morgan fingerprint density at radius 1 is 1.10 bits per heavy atom.